The fraction of sp³-hybridized carbons (Fsp3) is 1.00. The van der Waals surface area contributed by atoms with Crippen molar-refractivity contribution in [1.82, 2.24) is 5.32 Å². The molecule has 1 N–H and O–H groups in total. The third-order valence-corrected chi connectivity index (χ3v) is 3.28. The fourth-order valence-electron chi connectivity index (χ4n) is 1.62. The largest absolute Gasteiger partial charge is 0.312 e. The minimum atomic E-state index is -1.91. The lowest BCUT2D eigenvalue weighted by Gasteiger charge is -2.28. The van der Waals surface area contributed by atoms with Crippen molar-refractivity contribution in [1.29, 1.82) is 0 Å². The maximum Gasteiger partial charge on any atom is 0.0640 e. The summed E-state index contributed by atoms with van der Waals surface area (Å²) in [6.07, 6.45) is 5.91. The summed E-state index contributed by atoms with van der Waals surface area (Å²) in [5, 5.41) is 3.42. The Kier molecular flexibility index (Phi) is 3.74. The van der Waals surface area contributed by atoms with E-state index in [1.807, 2.05) is 0 Å². The van der Waals surface area contributed by atoms with E-state index in [9.17, 15) is 4.21 Å². The van der Waals surface area contributed by atoms with Crippen LogP contribution in [0.5, 0.6) is 0 Å². The van der Waals surface area contributed by atoms with Gasteiger partial charge < -0.3 is 5.32 Å². The number of hydrogen-bond acceptors (Lipinski definition) is 3. The van der Waals surface area contributed by atoms with Crippen LogP contribution in [-0.2, 0) is 9.73 Å². The van der Waals surface area contributed by atoms with Gasteiger partial charge in [-0.3, -0.25) is 4.21 Å². The topological polar surface area (TPSA) is 41.5 Å². The third-order valence-electron chi connectivity index (χ3n) is 2.51. The van der Waals surface area contributed by atoms with Gasteiger partial charge in [-0.15, -0.1) is 0 Å². The van der Waals surface area contributed by atoms with Crippen LogP contribution in [0.3, 0.4) is 0 Å². The second kappa shape index (κ2) is 4.42. The predicted molar refractivity (Wildman–Crippen MR) is 57.5 cm³/mol. The minimum Gasteiger partial charge on any atom is -0.312 e. The highest BCUT2D eigenvalue weighted by Gasteiger charge is 2.19. The average Bonchev–Trinajstić information content (AvgIpc) is 2.01. The average molecular weight is 204 g/mol. The van der Waals surface area contributed by atoms with E-state index in [4.69, 9.17) is 0 Å². The Hall–Kier alpha value is -0.0900. The van der Waals surface area contributed by atoms with Crippen molar-refractivity contribution < 1.29 is 4.21 Å². The molecule has 0 amide bonds. The van der Waals surface area contributed by atoms with Crippen LogP contribution in [0.1, 0.15) is 19.8 Å². The number of piperidine rings is 1. The van der Waals surface area contributed by atoms with Gasteiger partial charge in [-0.2, -0.15) is 0 Å². The Morgan fingerprint density at radius 2 is 2.23 bits per heavy atom. The summed E-state index contributed by atoms with van der Waals surface area (Å²) < 4.78 is 15.5. The molecule has 0 saturated carbocycles. The van der Waals surface area contributed by atoms with Gasteiger partial charge in [-0.1, -0.05) is 6.92 Å². The molecule has 0 aromatic heterocycles. The van der Waals surface area contributed by atoms with Gasteiger partial charge in [0.15, 0.2) is 0 Å². The molecule has 0 aromatic rings. The van der Waals surface area contributed by atoms with Gasteiger partial charge >= 0.3 is 0 Å². The van der Waals surface area contributed by atoms with E-state index < -0.39 is 9.73 Å². The molecule has 1 fully saturated rings. The first-order valence-electron chi connectivity index (χ1n) is 4.85. The summed E-state index contributed by atoms with van der Waals surface area (Å²) in [5.41, 5.74) is 0. The van der Waals surface area contributed by atoms with Gasteiger partial charge in [0, 0.05) is 28.3 Å². The highest BCUT2D eigenvalue weighted by atomic mass is 32.2. The van der Waals surface area contributed by atoms with Crippen LogP contribution in [0.4, 0.5) is 0 Å². The van der Waals surface area contributed by atoms with Gasteiger partial charge in [0.1, 0.15) is 0 Å². The maximum atomic E-state index is 11.3. The van der Waals surface area contributed by atoms with Gasteiger partial charge in [-0.05, 0) is 25.3 Å². The van der Waals surface area contributed by atoms with Crippen molar-refractivity contribution in [2.75, 3.05) is 25.6 Å². The fourth-order valence-corrected chi connectivity index (χ4v) is 2.14. The molecule has 2 atom stereocenters. The summed E-state index contributed by atoms with van der Waals surface area (Å²) in [7, 11) is -1.91. The first kappa shape index (κ1) is 11.0. The zero-order valence-corrected chi connectivity index (χ0v) is 9.56. The number of hydrogen-bond donors (Lipinski definition) is 1. The molecule has 0 spiro atoms. The maximum absolute atomic E-state index is 11.3. The first-order chi connectivity index (χ1) is 5.99. The normalized spacial score (nSPS) is 30.1. The second-order valence-corrected chi connectivity index (χ2v) is 6.79. The lowest BCUT2D eigenvalue weighted by molar-refractivity contribution is 0.307. The number of nitrogens with one attached hydrogen (secondary N) is 1. The standard InChI is InChI=1S/C9H20N2OS/c1-8-5-4-6-10-9(8)7-11-13(2,3)12/h8-10H,4-7H2,1-3H3. The molecule has 4 heteroatoms. The smallest absolute Gasteiger partial charge is 0.0640 e. The van der Waals surface area contributed by atoms with Crippen LogP contribution in [0.25, 0.3) is 0 Å². The minimum absolute atomic E-state index is 0.439. The van der Waals surface area contributed by atoms with Gasteiger partial charge in [0.05, 0.1) is 6.54 Å². The second-order valence-electron chi connectivity index (χ2n) is 4.17. The van der Waals surface area contributed by atoms with Gasteiger partial charge in [0.2, 0.25) is 0 Å². The summed E-state index contributed by atoms with van der Waals surface area (Å²) >= 11 is 0. The molecular weight excluding hydrogens is 184 g/mol. The van der Waals surface area contributed by atoms with E-state index in [1.54, 1.807) is 12.5 Å². The van der Waals surface area contributed by atoms with Crippen LogP contribution >= 0.6 is 0 Å². The van der Waals surface area contributed by atoms with E-state index in [0.29, 0.717) is 18.5 Å². The molecule has 1 aliphatic heterocycles. The highest BCUT2D eigenvalue weighted by Crippen LogP contribution is 2.15. The Bertz CT molecular complexity index is 261. The van der Waals surface area contributed by atoms with Crippen LogP contribution in [0, 0.1) is 5.92 Å². The van der Waals surface area contributed by atoms with Crippen LogP contribution < -0.4 is 5.32 Å². The van der Waals surface area contributed by atoms with E-state index >= 15 is 0 Å². The molecule has 1 rings (SSSR count). The lowest BCUT2D eigenvalue weighted by atomic mass is 9.93. The molecule has 1 aliphatic rings. The molecule has 0 bridgehead atoms. The Balaban J connectivity index is 2.48. The van der Waals surface area contributed by atoms with Crippen molar-refractivity contribution in [2.24, 2.45) is 10.3 Å². The summed E-state index contributed by atoms with van der Waals surface area (Å²) in [6, 6.07) is 0.439. The molecular formula is C9H20N2OS. The van der Waals surface area contributed by atoms with Crippen molar-refractivity contribution >= 4 is 9.73 Å². The van der Waals surface area contributed by atoms with E-state index in [0.717, 1.165) is 6.54 Å². The highest BCUT2D eigenvalue weighted by molar-refractivity contribution is 7.92. The SMILES string of the molecule is CC1CCCNC1CN=S(C)(C)=O. The van der Waals surface area contributed by atoms with Crippen molar-refractivity contribution in [3.05, 3.63) is 0 Å². The molecule has 78 valence electrons. The Labute approximate surface area is 81.5 Å². The van der Waals surface area contributed by atoms with Crippen molar-refractivity contribution in [2.45, 2.75) is 25.8 Å². The molecule has 0 aromatic carbocycles. The summed E-state index contributed by atoms with van der Waals surface area (Å²) in [5.74, 6) is 0.666. The van der Waals surface area contributed by atoms with Crippen molar-refractivity contribution in [3.63, 3.8) is 0 Å². The molecule has 13 heavy (non-hydrogen) atoms. The number of nitrogens with zero attached hydrogens (tertiary/aromatic N) is 1. The van der Waals surface area contributed by atoms with Crippen LogP contribution in [-0.4, -0.2) is 35.9 Å². The van der Waals surface area contributed by atoms with E-state index in [1.165, 1.54) is 12.8 Å². The Morgan fingerprint density at radius 1 is 1.54 bits per heavy atom. The van der Waals surface area contributed by atoms with Gasteiger partial charge in [0.25, 0.3) is 0 Å². The molecule has 0 radical (unpaired) electrons. The molecule has 3 nitrogen and oxygen atoms in total. The zero-order chi connectivity index (χ0) is 9.90. The monoisotopic (exact) mass is 204 g/mol. The quantitative estimate of drug-likeness (QED) is 0.732. The zero-order valence-electron chi connectivity index (χ0n) is 8.75. The third kappa shape index (κ3) is 4.09. The lowest BCUT2D eigenvalue weighted by Crippen LogP contribution is -2.42. The summed E-state index contributed by atoms with van der Waals surface area (Å²) in [4.78, 5) is 0. The number of rotatable bonds is 2. The van der Waals surface area contributed by atoms with Crippen LogP contribution in [0.15, 0.2) is 4.36 Å². The van der Waals surface area contributed by atoms with E-state index in [2.05, 4.69) is 16.6 Å². The van der Waals surface area contributed by atoms with Crippen LogP contribution in [0.2, 0.25) is 0 Å². The van der Waals surface area contributed by atoms with Crippen molar-refractivity contribution in [3.8, 4) is 0 Å². The first-order valence-corrected chi connectivity index (χ1v) is 7.18. The molecule has 1 saturated heterocycles. The molecule has 0 aliphatic carbocycles. The Morgan fingerprint density at radius 3 is 2.77 bits per heavy atom. The van der Waals surface area contributed by atoms with Gasteiger partial charge in [-0.25, -0.2) is 4.36 Å². The predicted octanol–water partition coefficient (Wildman–Crippen LogP) is 1.10. The summed E-state index contributed by atoms with van der Waals surface area (Å²) in [6.45, 7) is 4.02. The molecule has 2 unspecified atom stereocenters. The van der Waals surface area contributed by atoms with E-state index in [-0.39, 0.29) is 0 Å². The molecule has 1 heterocycles.